The van der Waals surface area contributed by atoms with E-state index in [0.29, 0.717) is 41.7 Å². The molecular weight excluding hydrogens is 410 g/mol. The topological polar surface area (TPSA) is 18.5 Å². The predicted molar refractivity (Wildman–Crippen MR) is 143 cm³/mol. The molecule has 0 radical (unpaired) electrons. The second kappa shape index (κ2) is 10.5. The molecule has 32 heavy (non-hydrogen) atoms. The first kappa shape index (κ1) is 26.3. The third-order valence-corrected chi connectivity index (χ3v) is 10.4. The number of fused-ring (bicyclic) bond motifs is 3. The number of nitrogens with zero attached hydrogens (tertiary/aromatic N) is 2. The number of rotatable bonds is 6. The second-order valence-corrected chi connectivity index (χ2v) is 12.7. The number of allylic oxidation sites excluding steroid dienone is 1. The standard InChI is InChI=1S/C28H53N3S/c1-10-12-21-19(4)27(28(6,7)29-8)20(5)26-22-16-18(3)14-15-23(22)30(9)25(26)17-31(32)24(21)13-11-2/h17-24,26-27,29,32H,10-16H2,1-9H3/b25-17-. The van der Waals surface area contributed by atoms with E-state index >= 15 is 0 Å². The van der Waals surface area contributed by atoms with Crippen LogP contribution in [-0.4, -0.2) is 40.9 Å². The van der Waals surface area contributed by atoms with Gasteiger partial charge in [-0.25, -0.2) is 0 Å². The summed E-state index contributed by atoms with van der Waals surface area (Å²) in [6.07, 6.45) is 11.6. The van der Waals surface area contributed by atoms with E-state index in [-0.39, 0.29) is 5.54 Å². The van der Waals surface area contributed by atoms with Gasteiger partial charge in [-0.15, -0.1) is 0 Å². The van der Waals surface area contributed by atoms with Crippen molar-refractivity contribution in [2.24, 2.45) is 41.4 Å². The van der Waals surface area contributed by atoms with Crippen molar-refractivity contribution in [2.45, 2.75) is 111 Å². The van der Waals surface area contributed by atoms with Gasteiger partial charge < -0.3 is 14.5 Å². The van der Waals surface area contributed by atoms with Crippen LogP contribution in [0.5, 0.6) is 0 Å². The summed E-state index contributed by atoms with van der Waals surface area (Å²) in [6.45, 7) is 17.3. The number of hydrogen-bond donors (Lipinski definition) is 2. The Morgan fingerprint density at radius 3 is 2.31 bits per heavy atom. The van der Waals surface area contributed by atoms with Crippen LogP contribution in [0.3, 0.4) is 0 Å². The number of likely N-dealkylation sites (tertiary alicyclic amines) is 1. The summed E-state index contributed by atoms with van der Waals surface area (Å²) in [5.74, 6) is 4.84. The Hall–Kier alpha value is -0.350. The third-order valence-electron chi connectivity index (χ3n) is 9.99. The molecule has 9 atom stereocenters. The van der Waals surface area contributed by atoms with Crippen LogP contribution in [-0.2, 0) is 0 Å². The van der Waals surface area contributed by atoms with Gasteiger partial charge in [-0.05, 0) is 88.5 Å². The lowest BCUT2D eigenvalue weighted by molar-refractivity contribution is 0.0359. The van der Waals surface area contributed by atoms with Crippen molar-refractivity contribution in [3.05, 3.63) is 11.9 Å². The van der Waals surface area contributed by atoms with Gasteiger partial charge in [0.25, 0.3) is 0 Å². The fraction of sp³-hybridized carbons (Fsp3) is 0.929. The first-order valence-corrected chi connectivity index (χ1v) is 14.1. The highest BCUT2D eigenvalue weighted by Crippen LogP contribution is 2.55. The quantitative estimate of drug-likeness (QED) is 0.421. The van der Waals surface area contributed by atoms with Crippen molar-refractivity contribution < 1.29 is 0 Å². The molecule has 2 aliphatic heterocycles. The Balaban J connectivity index is 2.16. The summed E-state index contributed by atoms with van der Waals surface area (Å²) in [7, 11) is 4.56. The minimum Gasteiger partial charge on any atom is -0.373 e. The minimum absolute atomic E-state index is 0.107. The number of nitrogens with one attached hydrogen (secondary N) is 1. The van der Waals surface area contributed by atoms with Crippen molar-refractivity contribution >= 4 is 12.8 Å². The predicted octanol–water partition coefficient (Wildman–Crippen LogP) is 6.83. The monoisotopic (exact) mass is 463 g/mol. The average Bonchev–Trinajstić information content (AvgIpc) is 3.01. The molecule has 0 aromatic heterocycles. The Morgan fingerprint density at radius 1 is 1.06 bits per heavy atom. The first-order valence-electron chi connectivity index (χ1n) is 13.7. The van der Waals surface area contributed by atoms with Gasteiger partial charge in [-0.2, -0.15) is 0 Å². The summed E-state index contributed by atoms with van der Waals surface area (Å²) in [5, 5.41) is 3.77. The lowest BCUT2D eigenvalue weighted by Crippen LogP contribution is -2.53. The van der Waals surface area contributed by atoms with Crippen LogP contribution < -0.4 is 5.32 Å². The highest BCUT2D eigenvalue weighted by molar-refractivity contribution is 7.77. The first-order chi connectivity index (χ1) is 15.1. The van der Waals surface area contributed by atoms with E-state index in [9.17, 15) is 0 Å². The van der Waals surface area contributed by atoms with Gasteiger partial charge in [-0.3, -0.25) is 0 Å². The maximum absolute atomic E-state index is 5.19. The van der Waals surface area contributed by atoms with Crippen LogP contribution in [0.1, 0.15) is 93.4 Å². The van der Waals surface area contributed by atoms with E-state index < -0.39 is 0 Å². The van der Waals surface area contributed by atoms with Gasteiger partial charge in [0.1, 0.15) is 0 Å². The fourth-order valence-electron chi connectivity index (χ4n) is 8.42. The lowest BCUT2D eigenvalue weighted by Gasteiger charge is -2.49. The Kier molecular flexibility index (Phi) is 8.62. The average molecular weight is 464 g/mol. The van der Waals surface area contributed by atoms with Gasteiger partial charge in [-0.1, -0.05) is 60.3 Å². The van der Waals surface area contributed by atoms with Crippen molar-refractivity contribution in [2.75, 3.05) is 14.1 Å². The molecule has 1 saturated heterocycles. The summed E-state index contributed by atoms with van der Waals surface area (Å²) >= 11 is 5.19. The van der Waals surface area contributed by atoms with Crippen LogP contribution in [0.15, 0.2) is 11.9 Å². The summed E-state index contributed by atoms with van der Waals surface area (Å²) in [4.78, 5) is 2.68. The number of thiol groups is 1. The Morgan fingerprint density at radius 2 is 1.72 bits per heavy atom. The second-order valence-electron chi connectivity index (χ2n) is 12.2. The normalized spacial score (nSPS) is 42.4. The molecule has 3 rings (SSSR count). The molecule has 9 unspecified atom stereocenters. The van der Waals surface area contributed by atoms with E-state index in [2.05, 4.69) is 83.3 Å². The van der Waals surface area contributed by atoms with Gasteiger partial charge in [0.05, 0.1) is 0 Å². The molecule has 186 valence electrons. The van der Waals surface area contributed by atoms with E-state index in [1.807, 2.05) is 0 Å². The fourth-order valence-corrected chi connectivity index (χ4v) is 8.82. The van der Waals surface area contributed by atoms with Crippen molar-refractivity contribution in [1.82, 2.24) is 14.5 Å². The molecule has 1 aliphatic carbocycles. The SMILES string of the molecule is CCCC1C(C)C(C(C)(C)NC)C(C)C2/C(=C/N(S)C1CCC)N(C)C1CCC(C)CC21. The molecular formula is C28H53N3S. The van der Waals surface area contributed by atoms with Gasteiger partial charge >= 0.3 is 0 Å². The maximum atomic E-state index is 5.19. The Labute approximate surface area is 205 Å². The van der Waals surface area contributed by atoms with Crippen LogP contribution in [0.2, 0.25) is 0 Å². The van der Waals surface area contributed by atoms with Crippen molar-refractivity contribution in [3.63, 3.8) is 0 Å². The maximum Gasteiger partial charge on any atom is 0.0429 e. The molecule has 3 aliphatic rings. The van der Waals surface area contributed by atoms with Crippen LogP contribution in [0.25, 0.3) is 0 Å². The molecule has 0 aromatic carbocycles. The van der Waals surface area contributed by atoms with Crippen LogP contribution in [0.4, 0.5) is 0 Å². The largest absolute Gasteiger partial charge is 0.373 e. The van der Waals surface area contributed by atoms with E-state index in [1.54, 1.807) is 5.70 Å². The zero-order valence-electron chi connectivity index (χ0n) is 22.6. The lowest BCUT2D eigenvalue weighted by atomic mass is 9.59. The summed E-state index contributed by atoms with van der Waals surface area (Å²) in [5.41, 5.74) is 1.68. The van der Waals surface area contributed by atoms with E-state index in [0.717, 1.165) is 11.8 Å². The molecule has 4 heteroatoms. The molecule has 0 aromatic rings. The van der Waals surface area contributed by atoms with Gasteiger partial charge in [0.2, 0.25) is 0 Å². The molecule has 3 nitrogen and oxygen atoms in total. The smallest absolute Gasteiger partial charge is 0.0429 e. The highest BCUT2D eigenvalue weighted by Gasteiger charge is 2.53. The van der Waals surface area contributed by atoms with Crippen molar-refractivity contribution in [1.29, 1.82) is 0 Å². The van der Waals surface area contributed by atoms with Crippen LogP contribution in [0, 0.1) is 41.4 Å². The molecule has 1 N–H and O–H groups in total. The molecule has 0 amide bonds. The zero-order valence-corrected chi connectivity index (χ0v) is 23.5. The third kappa shape index (κ3) is 4.74. The summed E-state index contributed by atoms with van der Waals surface area (Å²) in [6, 6.07) is 1.21. The molecule has 2 heterocycles. The highest BCUT2D eigenvalue weighted by atomic mass is 32.1. The van der Waals surface area contributed by atoms with Crippen molar-refractivity contribution in [3.8, 4) is 0 Å². The van der Waals surface area contributed by atoms with Gasteiger partial charge in [0, 0.05) is 42.5 Å². The van der Waals surface area contributed by atoms with Crippen LogP contribution >= 0.6 is 12.8 Å². The summed E-state index contributed by atoms with van der Waals surface area (Å²) < 4.78 is 2.36. The Bertz CT molecular complexity index is 647. The number of hydrogen-bond acceptors (Lipinski definition) is 4. The molecule has 0 bridgehead atoms. The molecule has 0 spiro atoms. The molecule has 1 saturated carbocycles. The van der Waals surface area contributed by atoms with Gasteiger partial charge in [0.15, 0.2) is 0 Å². The molecule has 2 fully saturated rings. The van der Waals surface area contributed by atoms with E-state index in [1.165, 1.54) is 44.9 Å². The van der Waals surface area contributed by atoms with E-state index in [4.69, 9.17) is 12.8 Å². The zero-order chi connectivity index (χ0) is 23.8. The minimum atomic E-state index is 0.107.